The minimum atomic E-state index is -1.86. The first-order valence-electron chi connectivity index (χ1n) is 25.4. The van der Waals surface area contributed by atoms with Crippen LogP contribution < -0.4 is 37.6 Å². The number of nitrogens with two attached hydrogens (primary N) is 1. The number of aldehydes is 1. The van der Waals surface area contributed by atoms with Crippen LogP contribution >= 0.6 is 0 Å². The van der Waals surface area contributed by atoms with E-state index < -0.39 is 132 Å². The number of phenolic OH excluding ortho intramolecular Hbond substituents is 3. The van der Waals surface area contributed by atoms with Crippen molar-refractivity contribution in [2.24, 2.45) is 11.7 Å². The fourth-order valence-corrected chi connectivity index (χ4v) is 9.10. The Morgan fingerprint density at radius 2 is 0.885 bits per heavy atom. The fourth-order valence-electron chi connectivity index (χ4n) is 9.10. The van der Waals surface area contributed by atoms with Crippen LogP contribution in [0, 0.1) is 5.92 Å². The predicted octanol–water partition coefficient (Wildman–Crippen LogP) is -1.13. The van der Waals surface area contributed by atoms with E-state index in [0.717, 1.165) is 4.90 Å². The topological polar surface area (TPSA) is 394 Å². The summed E-state index contributed by atoms with van der Waals surface area (Å²) in [6, 6.07) is 4.89. The number of phenols is 3. The summed E-state index contributed by atoms with van der Waals surface area (Å²) in [5.41, 5.74) is 7.83. The minimum absolute atomic E-state index is 0.0219. The fraction of sp³-hybridized carbons (Fsp3) is 0.453. The van der Waals surface area contributed by atoms with Gasteiger partial charge in [0.15, 0.2) is 0 Å². The Balaban J connectivity index is 1.30. The standard InChI is InChI=1S/C53H67N9O16/c1-28(2)45(53(78)62-21-5-7-42(62)51(76)59-39(25-43(67)68)48(73)56-37(46(71)55-29(3)27-63)23-31-10-16-34(65)17-11-31)60-49(74)40(26-44(69)70)57-47(72)38(24-32-12-18-35(66)19-13-32)58-50(75)41-6-4-20-61(41)52(77)36(54)22-30-8-14-33(64)15-9-30/h8-19,27-29,36-42,45,64-66H,4-7,20-26,54H2,1-3H3,(H,55,71)(H,56,73)(H,57,72)(H,58,75)(H,59,76)(H,60,74)(H,67,68)(H,69,70)/t29-,36-,37-,38-,39-,40-,41-,42-,45-/m0/s1. The van der Waals surface area contributed by atoms with Crippen LogP contribution in [-0.4, -0.2) is 168 Å². The van der Waals surface area contributed by atoms with Gasteiger partial charge in [-0.05, 0) is 98.0 Å². The van der Waals surface area contributed by atoms with E-state index >= 15 is 0 Å². The largest absolute Gasteiger partial charge is 0.508 e. The zero-order valence-electron chi connectivity index (χ0n) is 43.3. The SMILES string of the molecule is CC(C)[C@H](NC(=O)[C@H](CC(=O)O)NC(=O)[C@H](Cc1ccc(O)cc1)NC(=O)[C@@H]1CCCN1C(=O)[C@@H](N)Cc1ccc(O)cc1)C(=O)N1CCC[C@H]1C(=O)N[C@@H](CC(=O)O)C(=O)N[C@@H](Cc1ccc(O)cc1)C(=O)N[C@@H](C)C=O. The van der Waals surface area contributed by atoms with Crippen LogP contribution in [0.2, 0.25) is 0 Å². The summed E-state index contributed by atoms with van der Waals surface area (Å²) in [6.07, 6.45) is -0.954. The van der Waals surface area contributed by atoms with Gasteiger partial charge in [-0.2, -0.15) is 0 Å². The molecule has 0 unspecified atom stereocenters. The van der Waals surface area contributed by atoms with Gasteiger partial charge in [-0.15, -0.1) is 0 Å². The molecule has 25 nitrogen and oxygen atoms in total. The van der Waals surface area contributed by atoms with E-state index in [1.807, 2.05) is 0 Å². The molecule has 2 aliphatic heterocycles. The van der Waals surface area contributed by atoms with Gasteiger partial charge in [0.2, 0.25) is 47.3 Å². The highest BCUT2D eigenvalue weighted by Gasteiger charge is 2.42. The number of nitrogens with zero attached hydrogens (tertiary/aromatic N) is 2. The molecule has 0 spiro atoms. The van der Waals surface area contributed by atoms with E-state index in [1.165, 1.54) is 72.5 Å². The third-order valence-electron chi connectivity index (χ3n) is 13.2. The molecule has 0 saturated carbocycles. The molecule has 5 rings (SSSR count). The van der Waals surface area contributed by atoms with Gasteiger partial charge in [0, 0.05) is 25.9 Å². The second kappa shape index (κ2) is 28.0. The Labute approximate surface area is 448 Å². The maximum atomic E-state index is 14.4. The second-order valence-corrected chi connectivity index (χ2v) is 19.7. The van der Waals surface area contributed by atoms with Crippen LogP contribution in [0.1, 0.15) is 76.0 Å². The number of carboxylic acid groups (broad SMARTS) is 2. The van der Waals surface area contributed by atoms with Crippen molar-refractivity contribution in [3.8, 4) is 17.2 Å². The summed E-state index contributed by atoms with van der Waals surface area (Å²) < 4.78 is 0. The van der Waals surface area contributed by atoms with Gasteiger partial charge < -0.3 is 77.8 Å². The van der Waals surface area contributed by atoms with E-state index in [1.54, 1.807) is 26.0 Å². The Kier molecular flexibility index (Phi) is 21.6. The van der Waals surface area contributed by atoms with Crippen molar-refractivity contribution in [1.82, 2.24) is 41.7 Å². The first-order chi connectivity index (χ1) is 36.9. The number of aromatic hydroxyl groups is 3. The lowest BCUT2D eigenvalue weighted by atomic mass is 10.0. The number of carbonyl (C=O) groups is 11. The summed E-state index contributed by atoms with van der Waals surface area (Å²) in [6.45, 7) is 4.61. The number of amides is 8. The zero-order valence-corrected chi connectivity index (χ0v) is 43.3. The summed E-state index contributed by atoms with van der Waals surface area (Å²) in [5.74, 6) is -11.1. The van der Waals surface area contributed by atoms with Crippen molar-refractivity contribution in [2.45, 2.75) is 133 Å². The summed E-state index contributed by atoms with van der Waals surface area (Å²) >= 11 is 0. The lowest BCUT2D eigenvalue weighted by Gasteiger charge is -2.32. The number of aliphatic carboxylic acids is 2. The number of likely N-dealkylation sites (tertiary alicyclic amines) is 2. The third kappa shape index (κ3) is 17.2. The molecule has 3 aromatic carbocycles. The number of hydrogen-bond acceptors (Lipinski definition) is 15. The van der Waals surface area contributed by atoms with Crippen molar-refractivity contribution in [1.29, 1.82) is 0 Å². The van der Waals surface area contributed by atoms with Crippen LogP contribution in [0.25, 0.3) is 0 Å². The number of hydrogen-bond donors (Lipinski definition) is 12. The van der Waals surface area contributed by atoms with Crippen LogP contribution in [0.4, 0.5) is 0 Å². The second-order valence-electron chi connectivity index (χ2n) is 19.7. The lowest BCUT2D eigenvalue weighted by molar-refractivity contribution is -0.145. The molecular weight excluding hydrogens is 1020 g/mol. The Morgan fingerprint density at radius 3 is 1.32 bits per heavy atom. The molecule has 13 N–H and O–H groups in total. The molecule has 0 bridgehead atoms. The number of benzene rings is 3. The van der Waals surface area contributed by atoms with E-state index in [2.05, 4.69) is 31.9 Å². The van der Waals surface area contributed by atoms with Crippen LogP contribution in [0.3, 0.4) is 0 Å². The maximum Gasteiger partial charge on any atom is 0.305 e. The minimum Gasteiger partial charge on any atom is -0.508 e. The molecule has 78 heavy (non-hydrogen) atoms. The number of carbonyl (C=O) groups excluding carboxylic acids is 9. The van der Waals surface area contributed by atoms with Crippen molar-refractivity contribution >= 4 is 65.5 Å². The van der Waals surface area contributed by atoms with Crippen LogP contribution in [-0.2, 0) is 72.0 Å². The molecule has 2 aliphatic rings. The highest BCUT2D eigenvalue weighted by Crippen LogP contribution is 2.23. The lowest BCUT2D eigenvalue weighted by Crippen LogP contribution is -2.61. The van der Waals surface area contributed by atoms with E-state index in [-0.39, 0.29) is 68.9 Å². The molecule has 8 amide bonds. The first-order valence-corrected chi connectivity index (χ1v) is 25.4. The van der Waals surface area contributed by atoms with Crippen molar-refractivity contribution in [2.75, 3.05) is 13.1 Å². The molecule has 2 heterocycles. The summed E-state index contributed by atoms with van der Waals surface area (Å²) in [7, 11) is 0. The van der Waals surface area contributed by atoms with Gasteiger partial charge in [-0.3, -0.25) is 47.9 Å². The predicted molar refractivity (Wildman–Crippen MR) is 276 cm³/mol. The van der Waals surface area contributed by atoms with Gasteiger partial charge in [-0.1, -0.05) is 50.2 Å². The quantitative estimate of drug-likeness (QED) is 0.0423. The molecule has 2 fully saturated rings. The van der Waals surface area contributed by atoms with E-state index in [4.69, 9.17) is 5.73 Å². The van der Waals surface area contributed by atoms with Crippen LogP contribution in [0.15, 0.2) is 72.8 Å². The molecule has 0 aliphatic carbocycles. The normalized spacial score (nSPS) is 17.7. The van der Waals surface area contributed by atoms with Gasteiger partial charge in [0.05, 0.1) is 24.9 Å². The molecule has 0 aromatic heterocycles. The summed E-state index contributed by atoms with van der Waals surface area (Å²) in [5, 5.41) is 63.8. The smallest absolute Gasteiger partial charge is 0.305 e. The summed E-state index contributed by atoms with van der Waals surface area (Å²) in [4.78, 5) is 149. The molecule has 3 aromatic rings. The average Bonchev–Trinajstić information content (AvgIpc) is 4.11. The highest BCUT2D eigenvalue weighted by atomic mass is 16.4. The number of rotatable bonds is 26. The molecule has 0 radical (unpaired) electrons. The van der Waals surface area contributed by atoms with E-state index in [9.17, 15) is 78.3 Å². The molecular formula is C53H67N9O16. The number of nitrogens with one attached hydrogen (secondary N) is 6. The molecule has 420 valence electrons. The Morgan fingerprint density at radius 1 is 0.526 bits per heavy atom. The third-order valence-corrected chi connectivity index (χ3v) is 13.2. The average molecular weight is 1090 g/mol. The van der Waals surface area contributed by atoms with E-state index in [0.29, 0.717) is 29.4 Å². The van der Waals surface area contributed by atoms with Gasteiger partial charge in [0.1, 0.15) is 65.8 Å². The Hall–Kier alpha value is -8.61. The van der Waals surface area contributed by atoms with Gasteiger partial charge >= 0.3 is 11.9 Å². The zero-order chi connectivity index (χ0) is 57.4. The van der Waals surface area contributed by atoms with Crippen molar-refractivity contribution in [3.63, 3.8) is 0 Å². The molecule has 9 atom stereocenters. The van der Waals surface area contributed by atoms with Crippen LogP contribution in [0.5, 0.6) is 17.2 Å². The molecule has 2 saturated heterocycles. The van der Waals surface area contributed by atoms with Crippen molar-refractivity contribution in [3.05, 3.63) is 89.5 Å². The van der Waals surface area contributed by atoms with Gasteiger partial charge in [-0.25, -0.2) is 0 Å². The van der Waals surface area contributed by atoms with Crippen molar-refractivity contribution < 1.29 is 78.3 Å². The highest BCUT2D eigenvalue weighted by molar-refractivity contribution is 5.99. The number of carboxylic acids is 2. The maximum absolute atomic E-state index is 14.4. The monoisotopic (exact) mass is 1090 g/mol. The first kappa shape index (κ1) is 60.3. The van der Waals surface area contributed by atoms with Gasteiger partial charge in [0.25, 0.3) is 0 Å². The Bertz CT molecular complexity index is 2670. The molecule has 25 heteroatoms.